The SMILES string of the molecule is C=CC(C)c1ccc(CC)c(F)c1. The van der Waals surface area contributed by atoms with Crippen molar-refractivity contribution >= 4 is 0 Å². The Kier molecular flexibility index (Phi) is 3.24. The molecule has 0 heterocycles. The zero-order valence-electron chi connectivity index (χ0n) is 8.18. The Balaban J connectivity index is 3.02. The molecule has 1 unspecified atom stereocenters. The molecule has 1 aromatic rings. The van der Waals surface area contributed by atoms with Crippen molar-refractivity contribution in [3.8, 4) is 0 Å². The van der Waals surface area contributed by atoms with Gasteiger partial charge in [0, 0.05) is 0 Å². The summed E-state index contributed by atoms with van der Waals surface area (Å²) in [6, 6.07) is 5.42. The molecule has 0 bridgehead atoms. The van der Waals surface area contributed by atoms with Crippen LogP contribution in [0, 0.1) is 5.82 Å². The van der Waals surface area contributed by atoms with Gasteiger partial charge in [-0.3, -0.25) is 0 Å². The fraction of sp³-hybridized carbons (Fsp3) is 0.333. The summed E-state index contributed by atoms with van der Waals surface area (Å²) in [4.78, 5) is 0. The molecule has 1 heteroatoms. The van der Waals surface area contributed by atoms with E-state index in [2.05, 4.69) is 6.58 Å². The molecule has 0 aliphatic rings. The minimum absolute atomic E-state index is 0.103. The van der Waals surface area contributed by atoms with E-state index in [0.29, 0.717) is 0 Å². The van der Waals surface area contributed by atoms with Crippen LogP contribution in [0.3, 0.4) is 0 Å². The lowest BCUT2D eigenvalue weighted by Gasteiger charge is -2.07. The molecular weight excluding hydrogens is 163 g/mol. The molecular formula is C12H15F. The third-order valence-corrected chi connectivity index (χ3v) is 2.34. The van der Waals surface area contributed by atoms with E-state index in [1.165, 1.54) is 0 Å². The molecule has 0 amide bonds. The summed E-state index contributed by atoms with van der Waals surface area (Å²) < 4.78 is 13.3. The number of benzene rings is 1. The van der Waals surface area contributed by atoms with Gasteiger partial charge in [-0.1, -0.05) is 32.1 Å². The van der Waals surface area contributed by atoms with E-state index < -0.39 is 0 Å². The first-order chi connectivity index (χ1) is 6.19. The summed E-state index contributed by atoms with van der Waals surface area (Å²) in [5.41, 5.74) is 1.77. The maximum atomic E-state index is 13.3. The van der Waals surface area contributed by atoms with Crippen LogP contribution in [0.4, 0.5) is 4.39 Å². The second-order valence-corrected chi connectivity index (χ2v) is 3.23. The first-order valence-electron chi connectivity index (χ1n) is 4.60. The lowest BCUT2D eigenvalue weighted by Crippen LogP contribution is -1.93. The Morgan fingerprint density at radius 1 is 1.54 bits per heavy atom. The quantitative estimate of drug-likeness (QED) is 0.619. The highest BCUT2D eigenvalue weighted by Gasteiger charge is 2.04. The number of hydrogen-bond acceptors (Lipinski definition) is 0. The van der Waals surface area contributed by atoms with Crippen molar-refractivity contribution in [3.05, 3.63) is 47.8 Å². The van der Waals surface area contributed by atoms with Crippen LogP contribution in [0.5, 0.6) is 0 Å². The van der Waals surface area contributed by atoms with Crippen LogP contribution in [-0.4, -0.2) is 0 Å². The van der Waals surface area contributed by atoms with Crippen LogP contribution in [0.1, 0.15) is 30.9 Å². The van der Waals surface area contributed by atoms with Gasteiger partial charge >= 0.3 is 0 Å². The second kappa shape index (κ2) is 4.22. The summed E-state index contributed by atoms with van der Waals surface area (Å²) >= 11 is 0. The van der Waals surface area contributed by atoms with Gasteiger partial charge in [0.1, 0.15) is 5.82 Å². The zero-order valence-corrected chi connectivity index (χ0v) is 8.18. The smallest absolute Gasteiger partial charge is 0.126 e. The molecule has 0 aliphatic heterocycles. The molecule has 0 aromatic heterocycles. The van der Waals surface area contributed by atoms with Gasteiger partial charge in [0.25, 0.3) is 0 Å². The number of rotatable bonds is 3. The third kappa shape index (κ3) is 2.18. The number of hydrogen-bond donors (Lipinski definition) is 0. The van der Waals surface area contributed by atoms with Gasteiger partial charge in [-0.2, -0.15) is 0 Å². The molecule has 1 atom stereocenters. The van der Waals surface area contributed by atoms with Crippen molar-refractivity contribution in [1.29, 1.82) is 0 Å². The number of aryl methyl sites for hydroxylation is 1. The maximum absolute atomic E-state index is 13.3. The Bertz CT molecular complexity index is 302. The minimum atomic E-state index is -0.103. The molecule has 0 spiro atoms. The normalized spacial score (nSPS) is 12.5. The Morgan fingerprint density at radius 2 is 2.23 bits per heavy atom. The monoisotopic (exact) mass is 178 g/mol. The van der Waals surface area contributed by atoms with Gasteiger partial charge in [-0.05, 0) is 29.5 Å². The van der Waals surface area contributed by atoms with E-state index in [-0.39, 0.29) is 11.7 Å². The summed E-state index contributed by atoms with van der Waals surface area (Å²) in [5.74, 6) is 0.120. The fourth-order valence-corrected chi connectivity index (χ4v) is 1.27. The molecule has 0 radical (unpaired) electrons. The van der Waals surface area contributed by atoms with Crippen molar-refractivity contribution in [2.24, 2.45) is 0 Å². The van der Waals surface area contributed by atoms with E-state index in [1.54, 1.807) is 6.07 Å². The molecule has 0 aliphatic carbocycles. The summed E-state index contributed by atoms with van der Waals surface area (Å²) in [7, 11) is 0. The molecule has 0 saturated heterocycles. The van der Waals surface area contributed by atoms with Crippen LogP contribution in [-0.2, 0) is 6.42 Å². The molecule has 1 rings (SSSR count). The van der Waals surface area contributed by atoms with Gasteiger partial charge in [0.15, 0.2) is 0 Å². The van der Waals surface area contributed by atoms with Gasteiger partial charge in [-0.25, -0.2) is 4.39 Å². The average molecular weight is 178 g/mol. The zero-order chi connectivity index (χ0) is 9.84. The Morgan fingerprint density at radius 3 is 2.69 bits per heavy atom. The van der Waals surface area contributed by atoms with Gasteiger partial charge in [0.2, 0.25) is 0 Å². The fourth-order valence-electron chi connectivity index (χ4n) is 1.27. The summed E-state index contributed by atoms with van der Waals surface area (Å²) in [6.07, 6.45) is 2.56. The average Bonchev–Trinajstić information content (AvgIpc) is 2.16. The van der Waals surface area contributed by atoms with Gasteiger partial charge < -0.3 is 0 Å². The lowest BCUT2D eigenvalue weighted by molar-refractivity contribution is 0.609. The van der Waals surface area contributed by atoms with Crippen LogP contribution >= 0.6 is 0 Å². The summed E-state index contributed by atoms with van der Waals surface area (Å²) in [5, 5.41) is 0. The van der Waals surface area contributed by atoms with Crippen molar-refractivity contribution in [2.75, 3.05) is 0 Å². The largest absolute Gasteiger partial charge is 0.207 e. The van der Waals surface area contributed by atoms with Crippen LogP contribution in [0.15, 0.2) is 30.9 Å². The highest BCUT2D eigenvalue weighted by molar-refractivity contribution is 5.28. The number of allylic oxidation sites excluding steroid dienone is 1. The van der Waals surface area contributed by atoms with Crippen molar-refractivity contribution < 1.29 is 4.39 Å². The first-order valence-corrected chi connectivity index (χ1v) is 4.60. The van der Waals surface area contributed by atoms with E-state index in [0.717, 1.165) is 17.5 Å². The van der Waals surface area contributed by atoms with Crippen molar-refractivity contribution in [3.63, 3.8) is 0 Å². The Labute approximate surface area is 79.1 Å². The minimum Gasteiger partial charge on any atom is -0.207 e. The predicted molar refractivity (Wildman–Crippen MR) is 54.4 cm³/mol. The summed E-state index contributed by atoms with van der Waals surface area (Å²) in [6.45, 7) is 7.65. The number of halogens is 1. The maximum Gasteiger partial charge on any atom is 0.126 e. The molecule has 70 valence electrons. The van der Waals surface area contributed by atoms with Crippen LogP contribution in [0.2, 0.25) is 0 Å². The molecule has 0 saturated carbocycles. The molecule has 0 nitrogen and oxygen atoms in total. The van der Waals surface area contributed by atoms with E-state index >= 15 is 0 Å². The highest BCUT2D eigenvalue weighted by atomic mass is 19.1. The Hall–Kier alpha value is -1.11. The topological polar surface area (TPSA) is 0 Å². The van der Waals surface area contributed by atoms with Crippen LogP contribution < -0.4 is 0 Å². The van der Waals surface area contributed by atoms with Gasteiger partial charge in [-0.15, -0.1) is 6.58 Å². The predicted octanol–water partition coefficient (Wildman–Crippen LogP) is 3.68. The standard InChI is InChI=1S/C12H15F/c1-4-9(3)11-7-6-10(5-2)12(13)8-11/h4,6-9H,1,5H2,2-3H3. The highest BCUT2D eigenvalue weighted by Crippen LogP contribution is 2.19. The van der Waals surface area contributed by atoms with E-state index in [4.69, 9.17) is 0 Å². The molecule has 0 fully saturated rings. The lowest BCUT2D eigenvalue weighted by atomic mass is 9.99. The van der Waals surface area contributed by atoms with Crippen molar-refractivity contribution in [2.45, 2.75) is 26.2 Å². The molecule has 0 N–H and O–H groups in total. The molecule has 1 aromatic carbocycles. The molecule has 13 heavy (non-hydrogen) atoms. The third-order valence-electron chi connectivity index (χ3n) is 2.34. The van der Waals surface area contributed by atoms with Crippen molar-refractivity contribution in [1.82, 2.24) is 0 Å². The second-order valence-electron chi connectivity index (χ2n) is 3.23. The van der Waals surface area contributed by atoms with E-state index in [9.17, 15) is 4.39 Å². The van der Waals surface area contributed by atoms with Gasteiger partial charge in [0.05, 0.1) is 0 Å². The van der Waals surface area contributed by atoms with E-state index in [1.807, 2.05) is 32.1 Å². The van der Waals surface area contributed by atoms with Crippen LogP contribution in [0.25, 0.3) is 0 Å². The first kappa shape index (κ1) is 9.97.